The van der Waals surface area contributed by atoms with Crippen LogP contribution in [0.2, 0.25) is 0 Å². The first-order chi connectivity index (χ1) is 9.27. The van der Waals surface area contributed by atoms with Gasteiger partial charge in [0.25, 0.3) is 0 Å². The van der Waals surface area contributed by atoms with Crippen LogP contribution < -0.4 is 0 Å². The quantitative estimate of drug-likeness (QED) is 0.373. The fourth-order valence-corrected chi connectivity index (χ4v) is 1.49. The predicted molar refractivity (Wildman–Crippen MR) is 56.5 cm³/mol. The van der Waals surface area contributed by atoms with Crippen LogP contribution in [0.15, 0.2) is 18.2 Å². The minimum atomic E-state index is -10.3. The lowest BCUT2D eigenvalue weighted by Crippen LogP contribution is -2.11. The molecule has 0 nitrogen and oxygen atoms in total. The first-order valence-corrected chi connectivity index (χ1v) is 6.79. The van der Waals surface area contributed by atoms with E-state index in [1.54, 1.807) is 0 Å². The van der Waals surface area contributed by atoms with Gasteiger partial charge in [0.1, 0.15) is 0 Å². The molecule has 1 aromatic carbocycles. The Morgan fingerprint density at radius 3 is 1.32 bits per heavy atom. The molecule has 0 radical (unpaired) electrons. The maximum Gasteiger partial charge on any atom is 0.416 e. The van der Waals surface area contributed by atoms with Crippen LogP contribution in [0.3, 0.4) is 0 Å². The number of hydrogen-bond donors (Lipinski definition) is 0. The molecule has 0 saturated heterocycles. The second-order valence-electron chi connectivity index (χ2n) is 3.99. The highest BCUT2D eigenvalue weighted by atomic mass is 32.5. The van der Waals surface area contributed by atoms with Crippen molar-refractivity contribution in [3.8, 4) is 11.2 Å². The number of alkyl halides is 6. The van der Waals surface area contributed by atoms with Gasteiger partial charge in [-0.05, 0) is 24.1 Å². The fourth-order valence-electron chi connectivity index (χ4n) is 1.18. The summed E-state index contributed by atoms with van der Waals surface area (Å²) in [5, 5.41) is -0.452. The molecule has 0 N–H and O–H groups in total. The zero-order valence-electron chi connectivity index (χ0n) is 9.80. The van der Waals surface area contributed by atoms with Gasteiger partial charge in [0, 0.05) is 5.56 Å². The molecular formula is C10H3F11S. The van der Waals surface area contributed by atoms with Crippen molar-refractivity contribution in [2.75, 3.05) is 0 Å². The molecule has 0 heterocycles. The Labute approximate surface area is 115 Å². The lowest BCUT2D eigenvalue weighted by atomic mass is 10.1. The predicted octanol–water partition coefficient (Wildman–Crippen LogP) is 6.33. The van der Waals surface area contributed by atoms with Crippen LogP contribution >= 0.6 is 10.2 Å². The molecule has 0 fully saturated rings. The average molecular weight is 364 g/mol. The SMILES string of the molecule is FC(F)(F)c1cc(C#CS(F)(F)(F)(F)F)cc(C(F)(F)F)c1. The summed E-state index contributed by atoms with van der Waals surface area (Å²) in [6, 6.07) is -0.748. The van der Waals surface area contributed by atoms with Gasteiger partial charge in [-0.2, -0.15) is 26.3 Å². The van der Waals surface area contributed by atoms with Crippen molar-refractivity contribution in [3.05, 3.63) is 34.9 Å². The van der Waals surface area contributed by atoms with E-state index >= 15 is 0 Å². The Balaban J connectivity index is 3.56. The van der Waals surface area contributed by atoms with Crippen LogP contribution in [0.25, 0.3) is 0 Å². The molecule has 0 atom stereocenters. The Morgan fingerprint density at radius 1 is 0.682 bits per heavy atom. The maximum absolute atomic E-state index is 12.4. The summed E-state index contributed by atoms with van der Waals surface area (Å²) >= 11 is 0. The highest BCUT2D eigenvalue weighted by Gasteiger charge is 2.62. The fraction of sp³-hybridized carbons (Fsp3) is 0.200. The minimum Gasteiger partial charge on any atom is -0.166 e. The molecule has 0 saturated carbocycles. The number of halogens is 11. The normalized spacial score (nSPS) is 16.3. The Bertz CT molecular complexity index is 618. The molecule has 22 heavy (non-hydrogen) atoms. The van der Waals surface area contributed by atoms with Crippen molar-refractivity contribution in [3.63, 3.8) is 0 Å². The Hall–Kier alpha value is -1.64. The van der Waals surface area contributed by atoms with E-state index < -0.39 is 44.5 Å². The molecule has 1 rings (SSSR count). The van der Waals surface area contributed by atoms with E-state index in [9.17, 15) is 45.8 Å². The molecule has 0 aromatic heterocycles. The summed E-state index contributed by atoms with van der Waals surface area (Å²) in [4.78, 5) is 0. The first-order valence-electron chi connectivity index (χ1n) is 4.84. The van der Waals surface area contributed by atoms with Crippen LogP contribution in [-0.4, -0.2) is 0 Å². The molecule has 126 valence electrons. The second-order valence-corrected chi connectivity index (χ2v) is 6.13. The van der Waals surface area contributed by atoms with Crippen LogP contribution in [0.5, 0.6) is 0 Å². The van der Waals surface area contributed by atoms with Crippen molar-refractivity contribution in [1.82, 2.24) is 0 Å². The smallest absolute Gasteiger partial charge is 0.166 e. The van der Waals surface area contributed by atoms with Crippen molar-refractivity contribution < 1.29 is 45.8 Å². The highest BCUT2D eigenvalue weighted by Crippen LogP contribution is 2.97. The third kappa shape index (κ3) is 6.00. The first kappa shape index (κ1) is 18.4. The van der Waals surface area contributed by atoms with Crippen molar-refractivity contribution in [2.45, 2.75) is 12.4 Å². The van der Waals surface area contributed by atoms with Gasteiger partial charge < -0.3 is 0 Å². The second kappa shape index (κ2) is 4.21. The van der Waals surface area contributed by atoms with Gasteiger partial charge in [0.2, 0.25) is 0 Å². The average Bonchev–Trinajstić information content (AvgIpc) is 2.21. The summed E-state index contributed by atoms with van der Waals surface area (Å²) in [5.74, 6) is 0.618. The monoisotopic (exact) mass is 364 g/mol. The zero-order valence-corrected chi connectivity index (χ0v) is 10.6. The van der Waals surface area contributed by atoms with E-state index in [1.807, 2.05) is 0 Å². The van der Waals surface area contributed by atoms with Crippen LogP contribution in [-0.2, 0) is 12.4 Å². The van der Waals surface area contributed by atoms with Crippen LogP contribution in [0, 0.1) is 11.2 Å². The van der Waals surface area contributed by atoms with Crippen LogP contribution in [0.4, 0.5) is 45.8 Å². The standard InChI is InChI=1S/C10H3F11S/c11-9(12,13)7-3-6(1-2-22(17,18,19,20)21)4-8(5-7)10(14,15)16/h3-5H. The van der Waals surface area contributed by atoms with Crippen molar-refractivity contribution in [1.29, 1.82) is 0 Å². The van der Waals surface area contributed by atoms with Gasteiger partial charge in [-0.15, -0.1) is 0 Å². The molecule has 0 unspecified atom stereocenters. The third-order valence-electron chi connectivity index (χ3n) is 1.98. The molecule has 0 bridgehead atoms. The summed E-state index contributed by atoms with van der Waals surface area (Å²) in [6.07, 6.45) is -10.7. The number of rotatable bonds is 0. The lowest BCUT2D eigenvalue weighted by Gasteiger charge is -2.33. The minimum absolute atomic E-state index is 0.189. The van der Waals surface area contributed by atoms with Gasteiger partial charge >= 0.3 is 22.6 Å². The molecule has 1 aromatic rings. The topological polar surface area (TPSA) is 0 Å². The zero-order chi connectivity index (χ0) is 17.7. The summed E-state index contributed by atoms with van der Waals surface area (Å²) in [7, 11) is -10.3. The van der Waals surface area contributed by atoms with Gasteiger partial charge in [0.05, 0.1) is 16.4 Å². The largest absolute Gasteiger partial charge is 0.416 e. The van der Waals surface area contributed by atoms with E-state index in [-0.39, 0.29) is 18.2 Å². The molecule has 0 spiro atoms. The van der Waals surface area contributed by atoms with E-state index in [2.05, 4.69) is 0 Å². The molecule has 0 amide bonds. The Kier molecular flexibility index (Phi) is 3.52. The van der Waals surface area contributed by atoms with Gasteiger partial charge in [-0.3, -0.25) is 0 Å². The molecular weight excluding hydrogens is 361 g/mol. The van der Waals surface area contributed by atoms with Gasteiger partial charge in [-0.25, -0.2) is 0 Å². The number of hydrogen-bond acceptors (Lipinski definition) is 0. The summed E-state index contributed by atoms with van der Waals surface area (Å²) < 4.78 is 134. The third-order valence-corrected chi connectivity index (χ3v) is 2.46. The summed E-state index contributed by atoms with van der Waals surface area (Å²) in [6.45, 7) is 0. The van der Waals surface area contributed by atoms with Crippen molar-refractivity contribution in [2.24, 2.45) is 0 Å². The van der Waals surface area contributed by atoms with Gasteiger partial charge in [0.15, 0.2) is 0 Å². The van der Waals surface area contributed by atoms with Crippen molar-refractivity contribution >= 4 is 10.2 Å². The Morgan fingerprint density at radius 2 is 1.05 bits per heavy atom. The number of benzene rings is 1. The molecule has 0 aliphatic rings. The maximum atomic E-state index is 12.4. The molecule has 12 heteroatoms. The van der Waals surface area contributed by atoms with E-state index in [0.29, 0.717) is 5.92 Å². The summed E-state index contributed by atoms with van der Waals surface area (Å²) in [5.41, 5.74) is -5.42. The van der Waals surface area contributed by atoms with E-state index in [1.165, 1.54) is 0 Å². The van der Waals surface area contributed by atoms with Crippen LogP contribution in [0.1, 0.15) is 16.7 Å². The van der Waals surface area contributed by atoms with Gasteiger partial charge in [-0.1, -0.05) is 19.4 Å². The molecule has 0 aliphatic carbocycles. The van der Waals surface area contributed by atoms with E-state index in [0.717, 1.165) is 0 Å². The molecule has 0 aliphatic heterocycles. The highest BCUT2D eigenvalue weighted by molar-refractivity contribution is 8.49. The lowest BCUT2D eigenvalue weighted by molar-refractivity contribution is -0.143. The van der Waals surface area contributed by atoms with E-state index in [4.69, 9.17) is 0 Å².